The van der Waals surface area contributed by atoms with Crippen LogP contribution < -0.4 is 0 Å². The Kier molecular flexibility index (Phi) is 1.55. The summed E-state index contributed by atoms with van der Waals surface area (Å²) in [4.78, 5) is 0. The molecule has 54 valence electrons. The van der Waals surface area contributed by atoms with Crippen LogP contribution in [0.1, 0.15) is 34.1 Å². The number of epoxide rings is 1. The average molecular weight is 128 g/mol. The van der Waals surface area contributed by atoms with E-state index in [-0.39, 0.29) is 0 Å². The molecule has 1 heterocycles. The Bertz CT molecular complexity index is 102. The van der Waals surface area contributed by atoms with Gasteiger partial charge in [0.25, 0.3) is 0 Å². The van der Waals surface area contributed by atoms with Crippen LogP contribution in [0, 0.1) is 5.41 Å². The van der Waals surface area contributed by atoms with Crippen molar-refractivity contribution in [1.82, 2.24) is 0 Å². The molecule has 0 aliphatic carbocycles. The van der Waals surface area contributed by atoms with Gasteiger partial charge in [-0.05, 0) is 11.8 Å². The number of rotatable bonds is 1. The minimum atomic E-state index is 0.362. The molecule has 1 aliphatic heterocycles. The second-order valence-corrected chi connectivity index (χ2v) is 3.87. The second-order valence-electron chi connectivity index (χ2n) is 3.87. The lowest BCUT2D eigenvalue weighted by molar-refractivity contribution is 0.260. The standard InChI is InChI=1S/C8H16O/c1-5-6-7(9-6)8(2,3)4/h6-7H,5H2,1-4H3/t6-,7-/m0/s1. The van der Waals surface area contributed by atoms with E-state index in [2.05, 4.69) is 27.7 Å². The molecular formula is C8H16O. The summed E-state index contributed by atoms with van der Waals surface area (Å²) in [7, 11) is 0. The highest BCUT2D eigenvalue weighted by Gasteiger charge is 2.45. The van der Waals surface area contributed by atoms with E-state index in [1.165, 1.54) is 6.42 Å². The molecule has 1 fully saturated rings. The maximum atomic E-state index is 5.43. The first-order valence-electron chi connectivity index (χ1n) is 3.71. The minimum Gasteiger partial charge on any atom is -0.369 e. The predicted octanol–water partition coefficient (Wildman–Crippen LogP) is 2.21. The molecule has 1 aliphatic rings. The second kappa shape index (κ2) is 1.98. The van der Waals surface area contributed by atoms with Crippen LogP contribution in [0.15, 0.2) is 0 Å². The van der Waals surface area contributed by atoms with Gasteiger partial charge in [-0.15, -0.1) is 0 Å². The van der Waals surface area contributed by atoms with Crippen LogP contribution in [0.5, 0.6) is 0 Å². The highest BCUT2D eigenvalue weighted by atomic mass is 16.6. The molecule has 0 spiro atoms. The third-order valence-electron chi connectivity index (χ3n) is 1.84. The molecule has 0 bridgehead atoms. The third kappa shape index (κ3) is 1.45. The first kappa shape index (κ1) is 7.07. The van der Waals surface area contributed by atoms with E-state index >= 15 is 0 Å². The molecule has 0 aromatic rings. The molecule has 0 radical (unpaired) electrons. The van der Waals surface area contributed by atoms with Gasteiger partial charge in [0.15, 0.2) is 0 Å². The van der Waals surface area contributed by atoms with Crippen molar-refractivity contribution < 1.29 is 4.74 Å². The Morgan fingerprint density at radius 2 is 1.89 bits per heavy atom. The molecule has 0 N–H and O–H groups in total. The van der Waals surface area contributed by atoms with Gasteiger partial charge in [0.2, 0.25) is 0 Å². The monoisotopic (exact) mass is 128 g/mol. The lowest BCUT2D eigenvalue weighted by atomic mass is 9.90. The van der Waals surface area contributed by atoms with Crippen molar-refractivity contribution in [2.24, 2.45) is 5.41 Å². The Labute approximate surface area is 57.4 Å². The fraction of sp³-hybridized carbons (Fsp3) is 1.00. The fourth-order valence-electron chi connectivity index (χ4n) is 1.22. The van der Waals surface area contributed by atoms with Crippen molar-refractivity contribution in [3.05, 3.63) is 0 Å². The maximum absolute atomic E-state index is 5.43. The van der Waals surface area contributed by atoms with E-state index in [4.69, 9.17) is 4.74 Å². The Balaban J connectivity index is 2.33. The molecule has 2 atom stereocenters. The van der Waals surface area contributed by atoms with Gasteiger partial charge < -0.3 is 4.74 Å². The molecule has 0 aromatic carbocycles. The van der Waals surface area contributed by atoms with E-state index in [1.54, 1.807) is 0 Å². The maximum Gasteiger partial charge on any atom is 0.0889 e. The van der Waals surface area contributed by atoms with Crippen LogP contribution in [0.4, 0.5) is 0 Å². The van der Waals surface area contributed by atoms with E-state index in [9.17, 15) is 0 Å². The lowest BCUT2D eigenvalue weighted by Gasteiger charge is -2.13. The van der Waals surface area contributed by atoms with Gasteiger partial charge in [-0.1, -0.05) is 27.7 Å². The molecule has 1 saturated heterocycles. The van der Waals surface area contributed by atoms with Crippen LogP contribution in [0.2, 0.25) is 0 Å². The molecular weight excluding hydrogens is 112 g/mol. The molecule has 1 nitrogen and oxygen atoms in total. The summed E-state index contributed by atoms with van der Waals surface area (Å²) in [5.74, 6) is 0. The number of hydrogen-bond acceptors (Lipinski definition) is 1. The third-order valence-corrected chi connectivity index (χ3v) is 1.84. The zero-order valence-electron chi connectivity index (χ0n) is 6.77. The van der Waals surface area contributed by atoms with Crippen LogP contribution in [-0.2, 0) is 4.74 Å². The van der Waals surface area contributed by atoms with Crippen molar-refractivity contribution >= 4 is 0 Å². The summed E-state index contributed by atoms with van der Waals surface area (Å²) in [6, 6.07) is 0. The molecule has 1 heteroatoms. The van der Waals surface area contributed by atoms with Gasteiger partial charge >= 0.3 is 0 Å². The molecule has 9 heavy (non-hydrogen) atoms. The highest BCUT2D eigenvalue weighted by molar-refractivity contribution is 4.92. The fourth-order valence-corrected chi connectivity index (χ4v) is 1.22. The Morgan fingerprint density at radius 3 is 2.00 bits per heavy atom. The molecule has 0 unspecified atom stereocenters. The molecule has 0 amide bonds. The van der Waals surface area contributed by atoms with Crippen LogP contribution in [0.25, 0.3) is 0 Å². The summed E-state index contributed by atoms with van der Waals surface area (Å²) in [6.07, 6.45) is 2.26. The Morgan fingerprint density at radius 1 is 1.33 bits per heavy atom. The first-order chi connectivity index (χ1) is 4.05. The SMILES string of the molecule is CC[C@@H]1O[C@@H]1C(C)(C)C. The van der Waals surface area contributed by atoms with E-state index in [1.807, 2.05) is 0 Å². The van der Waals surface area contributed by atoms with Crippen molar-refractivity contribution in [2.75, 3.05) is 0 Å². The van der Waals surface area contributed by atoms with Gasteiger partial charge in [-0.3, -0.25) is 0 Å². The van der Waals surface area contributed by atoms with Crippen LogP contribution in [-0.4, -0.2) is 12.2 Å². The van der Waals surface area contributed by atoms with Gasteiger partial charge in [0.1, 0.15) is 0 Å². The Hall–Kier alpha value is -0.0400. The summed E-state index contributed by atoms with van der Waals surface area (Å²) in [5.41, 5.74) is 0.362. The molecule has 1 rings (SSSR count). The van der Waals surface area contributed by atoms with Gasteiger partial charge in [0, 0.05) is 0 Å². The van der Waals surface area contributed by atoms with Crippen LogP contribution >= 0.6 is 0 Å². The average Bonchev–Trinajstić information content (AvgIpc) is 2.39. The van der Waals surface area contributed by atoms with Gasteiger partial charge in [-0.2, -0.15) is 0 Å². The van der Waals surface area contributed by atoms with E-state index < -0.39 is 0 Å². The van der Waals surface area contributed by atoms with Crippen molar-refractivity contribution in [3.8, 4) is 0 Å². The first-order valence-corrected chi connectivity index (χ1v) is 3.71. The van der Waals surface area contributed by atoms with Gasteiger partial charge in [-0.25, -0.2) is 0 Å². The van der Waals surface area contributed by atoms with Crippen molar-refractivity contribution in [1.29, 1.82) is 0 Å². The molecule has 0 aromatic heterocycles. The summed E-state index contributed by atoms with van der Waals surface area (Å²) in [6.45, 7) is 8.87. The topological polar surface area (TPSA) is 12.5 Å². The molecule has 0 saturated carbocycles. The van der Waals surface area contributed by atoms with E-state index in [0.717, 1.165) is 0 Å². The smallest absolute Gasteiger partial charge is 0.0889 e. The zero-order valence-corrected chi connectivity index (χ0v) is 6.77. The normalized spacial score (nSPS) is 34.7. The quantitative estimate of drug-likeness (QED) is 0.493. The van der Waals surface area contributed by atoms with Crippen LogP contribution in [0.3, 0.4) is 0 Å². The highest BCUT2D eigenvalue weighted by Crippen LogP contribution is 2.39. The summed E-state index contributed by atoms with van der Waals surface area (Å²) in [5, 5.41) is 0. The number of hydrogen-bond donors (Lipinski definition) is 0. The van der Waals surface area contributed by atoms with E-state index in [0.29, 0.717) is 17.6 Å². The zero-order chi connectivity index (χ0) is 7.07. The predicted molar refractivity (Wildman–Crippen MR) is 38.4 cm³/mol. The van der Waals surface area contributed by atoms with Crippen molar-refractivity contribution in [3.63, 3.8) is 0 Å². The number of ether oxygens (including phenoxy) is 1. The van der Waals surface area contributed by atoms with Crippen molar-refractivity contribution in [2.45, 2.75) is 46.3 Å². The summed E-state index contributed by atoms with van der Waals surface area (Å²) < 4.78 is 5.43. The van der Waals surface area contributed by atoms with Gasteiger partial charge in [0.05, 0.1) is 12.2 Å². The largest absolute Gasteiger partial charge is 0.369 e. The lowest BCUT2D eigenvalue weighted by Crippen LogP contribution is -2.15. The minimum absolute atomic E-state index is 0.362. The summed E-state index contributed by atoms with van der Waals surface area (Å²) >= 11 is 0.